The fraction of sp³-hybridized carbons (Fsp3) is 0.0556. The van der Waals surface area contributed by atoms with Crippen molar-refractivity contribution in [3.63, 3.8) is 0 Å². The summed E-state index contributed by atoms with van der Waals surface area (Å²) in [5.41, 5.74) is 0.534. The first-order chi connectivity index (χ1) is 12.1. The van der Waals surface area contributed by atoms with Gasteiger partial charge in [0, 0.05) is 18.3 Å². The molecule has 0 aliphatic carbocycles. The molecule has 0 radical (unpaired) electrons. The van der Waals surface area contributed by atoms with Crippen molar-refractivity contribution in [3.05, 3.63) is 84.3 Å². The molecular formula is C18H15FN2O3S. The molecule has 1 aromatic heterocycles. The largest absolute Gasteiger partial charge is 0.439 e. The normalized spacial score (nSPS) is 11.2. The van der Waals surface area contributed by atoms with Crippen LogP contribution < -0.4 is 9.46 Å². The highest BCUT2D eigenvalue weighted by Gasteiger charge is 2.19. The van der Waals surface area contributed by atoms with Crippen molar-refractivity contribution in [1.82, 2.24) is 9.71 Å². The third-order valence-corrected chi connectivity index (χ3v) is 4.82. The van der Waals surface area contributed by atoms with Gasteiger partial charge in [-0.15, -0.1) is 0 Å². The summed E-state index contributed by atoms with van der Waals surface area (Å²) in [6.07, 6.45) is 1.55. The van der Waals surface area contributed by atoms with E-state index in [0.29, 0.717) is 11.3 Å². The minimum atomic E-state index is -3.99. The van der Waals surface area contributed by atoms with Crippen molar-refractivity contribution in [2.75, 3.05) is 0 Å². The predicted molar refractivity (Wildman–Crippen MR) is 91.2 cm³/mol. The first kappa shape index (κ1) is 17.1. The van der Waals surface area contributed by atoms with E-state index in [9.17, 15) is 12.8 Å². The van der Waals surface area contributed by atoms with Crippen molar-refractivity contribution in [1.29, 1.82) is 0 Å². The molecule has 1 N–H and O–H groups in total. The zero-order valence-electron chi connectivity index (χ0n) is 13.1. The molecule has 0 bridgehead atoms. The van der Waals surface area contributed by atoms with Crippen LogP contribution in [0.25, 0.3) is 0 Å². The number of nitrogens with one attached hydrogen (secondary N) is 1. The Balaban J connectivity index is 1.79. The number of ether oxygens (including phenoxy) is 1. The number of nitrogens with zero attached hydrogens (tertiary/aromatic N) is 1. The monoisotopic (exact) mass is 358 g/mol. The summed E-state index contributed by atoms with van der Waals surface area (Å²) in [5.74, 6) is 0.0614. The second kappa shape index (κ2) is 7.42. The molecule has 0 saturated carbocycles. The van der Waals surface area contributed by atoms with Gasteiger partial charge in [-0.1, -0.05) is 36.4 Å². The number of pyridine rings is 1. The summed E-state index contributed by atoms with van der Waals surface area (Å²) in [4.78, 5) is 3.74. The number of hydrogen-bond acceptors (Lipinski definition) is 4. The first-order valence-corrected chi connectivity index (χ1v) is 8.95. The highest BCUT2D eigenvalue weighted by molar-refractivity contribution is 7.89. The molecule has 0 saturated heterocycles. The third kappa shape index (κ3) is 4.20. The highest BCUT2D eigenvalue weighted by Crippen LogP contribution is 2.23. The van der Waals surface area contributed by atoms with Gasteiger partial charge in [0.15, 0.2) is 0 Å². The molecular weight excluding hydrogens is 343 g/mol. The Morgan fingerprint density at radius 3 is 2.44 bits per heavy atom. The zero-order chi connectivity index (χ0) is 17.7. The maximum absolute atomic E-state index is 13.7. The minimum absolute atomic E-state index is 0.0767. The van der Waals surface area contributed by atoms with Crippen LogP contribution in [0.1, 0.15) is 5.56 Å². The quantitative estimate of drug-likeness (QED) is 0.732. The van der Waals surface area contributed by atoms with Crippen molar-refractivity contribution in [2.45, 2.75) is 11.4 Å². The van der Waals surface area contributed by atoms with Crippen LogP contribution >= 0.6 is 0 Å². The lowest BCUT2D eigenvalue weighted by molar-refractivity contribution is 0.455. The van der Waals surface area contributed by atoms with Gasteiger partial charge >= 0.3 is 0 Å². The van der Waals surface area contributed by atoms with E-state index < -0.39 is 20.7 Å². The van der Waals surface area contributed by atoms with Crippen LogP contribution in [0, 0.1) is 5.82 Å². The molecule has 3 aromatic rings. The molecule has 25 heavy (non-hydrogen) atoms. The van der Waals surface area contributed by atoms with Crippen molar-refractivity contribution >= 4 is 10.0 Å². The van der Waals surface area contributed by atoms with E-state index in [2.05, 4.69) is 9.71 Å². The van der Waals surface area contributed by atoms with Gasteiger partial charge in [-0.25, -0.2) is 22.5 Å². The van der Waals surface area contributed by atoms with Gasteiger partial charge in [0.05, 0.1) is 0 Å². The first-order valence-electron chi connectivity index (χ1n) is 7.47. The number of halogens is 1. The lowest BCUT2D eigenvalue weighted by atomic mass is 10.3. The Labute approximate surface area is 145 Å². The van der Waals surface area contributed by atoms with E-state index in [1.165, 1.54) is 18.2 Å². The average molecular weight is 358 g/mol. The zero-order valence-corrected chi connectivity index (χ0v) is 13.9. The molecule has 128 valence electrons. The summed E-state index contributed by atoms with van der Waals surface area (Å²) < 4.78 is 46.3. The number of para-hydroxylation sites is 1. The number of rotatable bonds is 6. The van der Waals surface area contributed by atoms with E-state index in [0.717, 1.165) is 6.07 Å². The number of benzene rings is 2. The summed E-state index contributed by atoms with van der Waals surface area (Å²) in [7, 11) is -3.99. The lowest BCUT2D eigenvalue weighted by Crippen LogP contribution is -2.24. The van der Waals surface area contributed by atoms with Gasteiger partial charge in [-0.3, -0.25) is 0 Å². The Bertz CT molecular complexity index is 963. The van der Waals surface area contributed by atoms with Crippen LogP contribution in [0.5, 0.6) is 11.6 Å². The van der Waals surface area contributed by atoms with Gasteiger partial charge in [0.1, 0.15) is 16.5 Å². The van der Waals surface area contributed by atoms with Gasteiger partial charge in [0.2, 0.25) is 15.9 Å². The number of hydrogen-bond donors (Lipinski definition) is 1. The van der Waals surface area contributed by atoms with E-state index in [1.54, 1.807) is 30.5 Å². The molecule has 7 heteroatoms. The Kier molecular flexibility index (Phi) is 5.06. The van der Waals surface area contributed by atoms with Gasteiger partial charge in [0.25, 0.3) is 0 Å². The molecule has 5 nitrogen and oxygen atoms in total. The molecule has 0 aliphatic rings. The van der Waals surface area contributed by atoms with Crippen molar-refractivity contribution in [2.24, 2.45) is 0 Å². The van der Waals surface area contributed by atoms with E-state index in [-0.39, 0.29) is 12.4 Å². The van der Waals surface area contributed by atoms with E-state index in [4.69, 9.17) is 4.74 Å². The maximum atomic E-state index is 13.7. The number of aromatic nitrogens is 1. The van der Waals surface area contributed by atoms with Gasteiger partial charge < -0.3 is 4.74 Å². The minimum Gasteiger partial charge on any atom is -0.439 e. The topological polar surface area (TPSA) is 68.3 Å². The highest BCUT2D eigenvalue weighted by atomic mass is 32.2. The maximum Gasteiger partial charge on any atom is 0.243 e. The second-order valence-electron chi connectivity index (χ2n) is 5.14. The van der Waals surface area contributed by atoms with Gasteiger partial charge in [-0.05, 0) is 30.3 Å². The molecule has 0 fully saturated rings. The average Bonchev–Trinajstić information content (AvgIpc) is 2.62. The predicted octanol–water partition coefficient (Wildman–Crippen LogP) is 3.49. The lowest BCUT2D eigenvalue weighted by Gasteiger charge is -2.11. The molecule has 0 amide bonds. The summed E-state index contributed by atoms with van der Waals surface area (Å²) in [6, 6.07) is 17.6. The number of sulfonamides is 1. The summed E-state index contributed by atoms with van der Waals surface area (Å²) in [6.45, 7) is -0.0767. The van der Waals surface area contributed by atoms with Crippen LogP contribution in [-0.2, 0) is 16.6 Å². The van der Waals surface area contributed by atoms with Crippen molar-refractivity contribution in [3.8, 4) is 11.6 Å². The Morgan fingerprint density at radius 1 is 0.960 bits per heavy atom. The Hall–Kier alpha value is -2.77. The van der Waals surface area contributed by atoms with Gasteiger partial charge in [-0.2, -0.15) is 0 Å². The van der Waals surface area contributed by atoms with Crippen LogP contribution in [0.2, 0.25) is 0 Å². The molecule has 0 atom stereocenters. The van der Waals surface area contributed by atoms with Crippen LogP contribution in [-0.4, -0.2) is 13.4 Å². The van der Waals surface area contributed by atoms with Crippen LogP contribution in [0.4, 0.5) is 4.39 Å². The molecule has 1 heterocycles. The van der Waals surface area contributed by atoms with E-state index in [1.807, 2.05) is 18.2 Å². The Morgan fingerprint density at radius 2 is 1.68 bits per heavy atom. The standard InChI is InChI=1S/C18H15FN2O3S/c19-16-10-4-5-11-17(16)25(22,23)21-13-14-7-6-12-20-18(14)24-15-8-2-1-3-9-15/h1-12,21H,13H2. The van der Waals surface area contributed by atoms with Crippen LogP contribution in [0.15, 0.2) is 77.8 Å². The fourth-order valence-corrected chi connectivity index (χ4v) is 3.25. The van der Waals surface area contributed by atoms with E-state index >= 15 is 0 Å². The second-order valence-corrected chi connectivity index (χ2v) is 6.87. The molecule has 3 rings (SSSR count). The molecule has 0 aliphatic heterocycles. The fourth-order valence-electron chi connectivity index (χ4n) is 2.16. The summed E-state index contributed by atoms with van der Waals surface area (Å²) in [5, 5.41) is 0. The third-order valence-electron chi connectivity index (χ3n) is 3.39. The van der Waals surface area contributed by atoms with Crippen LogP contribution in [0.3, 0.4) is 0 Å². The molecule has 0 unspecified atom stereocenters. The molecule has 2 aromatic carbocycles. The van der Waals surface area contributed by atoms with Crippen molar-refractivity contribution < 1.29 is 17.5 Å². The molecule has 0 spiro atoms. The summed E-state index contributed by atoms with van der Waals surface area (Å²) >= 11 is 0. The smallest absolute Gasteiger partial charge is 0.243 e. The SMILES string of the molecule is O=S(=O)(NCc1cccnc1Oc1ccccc1)c1ccccc1F.